The van der Waals surface area contributed by atoms with Crippen LogP contribution >= 0.6 is 27.7 Å². The summed E-state index contributed by atoms with van der Waals surface area (Å²) in [6, 6.07) is 5.91. The van der Waals surface area contributed by atoms with Crippen LogP contribution in [0.15, 0.2) is 40.0 Å². The summed E-state index contributed by atoms with van der Waals surface area (Å²) >= 11 is 5.34. The van der Waals surface area contributed by atoms with Crippen molar-refractivity contribution in [2.24, 2.45) is 7.05 Å². The van der Waals surface area contributed by atoms with E-state index in [1.165, 1.54) is 10.5 Å². The minimum Gasteiger partial charge on any atom is -0.399 e. The number of thioether (sulfide) groups is 1. The number of nitrogens with zero attached hydrogens (tertiary/aromatic N) is 2. The zero-order chi connectivity index (χ0) is 12.3. The zero-order valence-electron chi connectivity index (χ0n) is 9.56. The summed E-state index contributed by atoms with van der Waals surface area (Å²) in [5.41, 5.74) is 7.76. The minimum absolute atomic E-state index is 0.786. The van der Waals surface area contributed by atoms with Gasteiger partial charge in [-0.1, -0.05) is 0 Å². The summed E-state index contributed by atoms with van der Waals surface area (Å²) in [5.74, 6) is 1.04. The molecule has 0 fully saturated rings. The summed E-state index contributed by atoms with van der Waals surface area (Å²) in [6.07, 6.45) is 4.99. The second-order valence-electron chi connectivity index (χ2n) is 3.81. The Labute approximate surface area is 114 Å². The van der Waals surface area contributed by atoms with E-state index in [0.717, 1.165) is 22.3 Å². The van der Waals surface area contributed by atoms with E-state index in [1.807, 2.05) is 47.9 Å². The highest BCUT2D eigenvalue weighted by atomic mass is 79.9. The van der Waals surface area contributed by atoms with Crippen LogP contribution in [-0.2, 0) is 13.5 Å². The maximum absolute atomic E-state index is 5.70. The van der Waals surface area contributed by atoms with Crippen molar-refractivity contribution in [1.29, 1.82) is 0 Å². The number of hydrogen-bond acceptors (Lipinski definition) is 3. The Morgan fingerprint density at radius 1 is 1.47 bits per heavy atom. The van der Waals surface area contributed by atoms with Crippen LogP contribution in [0.5, 0.6) is 0 Å². The van der Waals surface area contributed by atoms with Gasteiger partial charge < -0.3 is 5.73 Å². The Morgan fingerprint density at radius 2 is 2.29 bits per heavy atom. The Balaban J connectivity index is 1.90. The second kappa shape index (κ2) is 5.60. The van der Waals surface area contributed by atoms with Gasteiger partial charge in [-0.05, 0) is 46.1 Å². The van der Waals surface area contributed by atoms with Crippen LogP contribution in [0.25, 0.3) is 0 Å². The van der Waals surface area contributed by atoms with Crippen LogP contribution in [0, 0.1) is 0 Å². The molecule has 1 aromatic heterocycles. The lowest BCUT2D eigenvalue weighted by Gasteiger charge is -2.04. The first-order valence-corrected chi connectivity index (χ1v) is 7.08. The van der Waals surface area contributed by atoms with Crippen LogP contribution < -0.4 is 5.73 Å². The summed E-state index contributed by atoms with van der Waals surface area (Å²) < 4.78 is 2.90. The Kier molecular flexibility index (Phi) is 4.12. The quantitative estimate of drug-likeness (QED) is 0.697. The van der Waals surface area contributed by atoms with E-state index in [4.69, 9.17) is 5.73 Å². The molecule has 0 aliphatic carbocycles. The lowest BCUT2D eigenvalue weighted by Crippen LogP contribution is -1.89. The lowest BCUT2D eigenvalue weighted by molar-refractivity contribution is 0.767. The van der Waals surface area contributed by atoms with Crippen molar-refractivity contribution in [3.63, 3.8) is 0 Å². The monoisotopic (exact) mass is 311 g/mol. The molecule has 0 atom stereocenters. The number of nitrogen functional groups attached to an aromatic ring is 1. The first kappa shape index (κ1) is 12.5. The maximum atomic E-state index is 5.70. The van der Waals surface area contributed by atoms with Crippen molar-refractivity contribution < 1.29 is 0 Å². The number of anilines is 1. The van der Waals surface area contributed by atoms with E-state index in [9.17, 15) is 0 Å². The fourth-order valence-corrected chi connectivity index (χ4v) is 3.17. The molecule has 3 nitrogen and oxygen atoms in total. The predicted molar refractivity (Wildman–Crippen MR) is 76.2 cm³/mol. The third-order valence-electron chi connectivity index (χ3n) is 2.36. The van der Waals surface area contributed by atoms with Gasteiger partial charge in [0.25, 0.3) is 0 Å². The van der Waals surface area contributed by atoms with Crippen LogP contribution in [-0.4, -0.2) is 15.5 Å². The number of halogens is 1. The number of nitrogens with two attached hydrogens (primary N) is 1. The normalized spacial score (nSPS) is 10.7. The third-order valence-corrected chi connectivity index (χ3v) is 4.36. The van der Waals surface area contributed by atoms with Crippen LogP contribution in [0.2, 0.25) is 0 Å². The standard InChI is InChI=1S/C12H14BrN3S/c1-16-8-9(7-15-16)4-5-17-12-3-2-10(14)6-11(12)13/h2-3,6-8H,4-5,14H2,1H3. The van der Waals surface area contributed by atoms with Crippen molar-refractivity contribution in [1.82, 2.24) is 9.78 Å². The van der Waals surface area contributed by atoms with Crippen molar-refractivity contribution in [2.75, 3.05) is 11.5 Å². The summed E-state index contributed by atoms with van der Waals surface area (Å²) in [5, 5.41) is 4.15. The Bertz CT molecular complexity index is 510. The van der Waals surface area contributed by atoms with E-state index in [1.54, 1.807) is 0 Å². The van der Waals surface area contributed by atoms with Gasteiger partial charge in [-0.3, -0.25) is 4.68 Å². The van der Waals surface area contributed by atoms with Gasteiger partial charge in [-0.15, -0.1) is 11.8 Å². The van der Waals surface area contributed by atoms with Gasteiger partial charge in [0.15, 0.2) is 0 Å². The lowest BCUT2D eigenvalue weighted by atomic mass is 10.3. The third kappa shape index (κ3) is 3.51. The fourth-order valence-electron chi connectivity index (χ4n) is 1.51. The number of hydrogen-bond donors (Lipinski definition) is 1. The zero-order valence-corrected chi connectivity index (χ0v) is 12.0. The van der Waals surface area contributed by atoms with E-state index in [0.29, 0.717) is 0 Å². The molecule has 0 bridgehead atoms. The molecule has 90 valence electrons. The van der Waals surface area contributed by atoms with Crippen molar-refractivity contribution in [3.05, 3.63) is 40.6 Å². The molecule has 0 aliphatic heterocycles. The second-order valence-corrected chi connectivity index (χ2v) is 5.80. The fraction of sp³-hybridized carbons (Fsp3) is 0.250. The van der Waals surface area contributed by atoms with Crippen molar-refractivity contribution in [2.45, 2.75) is 11.3 Å². The summed E-state index contributed by atoms with van der Waals surface area (Å²) in [6.45, 7) is 0. The van der Waals surface area contributed by atoms with Crippen LogP contribution in [0.3, 0.4) is 0 Å². The number of aryl methyl sites for hydroxylation is 2. The molecule has 2 rings (SSSR count). The number of benzene rings is 1. The largest absolute Gasteiger partial charge is 0.399 e. The summed E-state index contributed by atoms with van der Waals surface area (Å²) in [4.78, 5) is 1.23. The van der Waals surface area contributed by atoms with Gasteiger partial charge >= 0.3 is 0 Å². The van der Waals surface area contributed by atoms with Crippen LogP contribution in [0.1, 0.15) is 5.56 Å². The summed E-state index contributed by atoms with van der Waals surface area (Å²) in [7, 11) is 1.94. The van der Waals surface area contributed by atoms with E-state index >= 15 is 0 Å². The van der Waals surface area contributed by atoms with Gasteiger partial charge in [0.1, 0.15) is 0 Å². The predicted octanol–water partition coefficient (Wildman–Crippen LogP) is 3.10. The molecule has 0 amide bonds. The molecular formula is C12H14BrN3S. The molecule has 0 unspecified atom stereocenters. The molecule has 2 N–H and O–H groups in total. The van der Waals surface area contributed by atoms with Gasteiger partial charge in [0.05, 0.1) is 6.20 Å². The topological polar surface area (TPSA) is 43.8 Å². The molecular weight excluding hydrogens is 298 g/mol. The maximum Gasteiger partial charge on any atom is 0.0521 e. The smallest absolute Gasteiger partial charge is 0.0521 e. The highest BCUT2D eigenvalue weighted by Crippen LogP contribution is 2.29. The Morgan fingerprint density at radius 3 is 2.94 bits per heavy atom. The van der Waals surface area contributed by atoms with E-state index in [-0.39, 0.29) is 0 Å². The molecule has 5 heteroatoms. The molecule has 0 spiro atoms. The van der Waals surface area contributed by atoms with Gasteiger partial charge in [-0.25, -0.2) is 0 Å². The molecule has 1 aromatic carbocycles. The van der Waals surface area contributed by atoms with Crippen molar-refractivity contribution >= 4 is 33.4 Å². The first-order chi connectivity index (χ1) is 8.15. The van der Waals surface area contributed by atoms with Gasteiger partial charge in [0.2, 0.25) is 0 Å². The SMILES string of the molecule is Cn1cc(CCSc2ccc(N)cc2Br)cn1. The first-order valence-electron chi connectivity index (χ1n) is 5.30. The van der Waals surface area contributed by atoms with E-state index in [2.05, 4.69) is 27.2 Å². The molecule has 17 heavy (non-hydrogen) atoms. The average Bonchev–Trinajstić information content (AvgIpc) is 2.68. The van der Waals surface area contributed by atoms with E-state index < -0.39 is 0 Å². The molecule has 1 heterocycles. The molecule has 0 aliphatic rings. The molecule has 2 aromatic rings. The van der Waals surface area contributed by atoms with Gasteiger partial charge in [0, 0.05) is 34.1 Å². The highest BCUT2D eigenvalue weighted by Gasteiger charge is 2.02. The Hall–Kier alpha value is -0.940. The number of rotatable bonds is 4. The highest BCUT2D eigenvalue weighted by molar-refractivity contribution is 9.10. The number of aromatic nitrogens is 2. The molecule has 0 radical (unpaired) electrons. The van der Waals surface area contributed by atoms with Crippen LogP contribution in [0.4, 0.5) is 5.69 Å². The van der Waals surface area contributed by atoms with Gasteiger partial charge in [-0.2, -0.15) is 5.10 Å². The molecule has 0 saturated carbocycles. The van der Waals surface area contributed by atoms with Crippen molar-refractivity contribution in [3.8, 4) is 0 Å². The molecule has 0 saturated heterocycles. The minimum atomic E-state index is 0.786. The average molecular weight is 312 g/mol.